The van der Waals surface area contributed by atoms with Gasteiger partial charge in [0.2, 0.25) is 0 Å². The lowest BCUT2D eigenvalue weighted by Gasteiger charge is -2.25. The van der Waals surface area contributed by atoms with Crippen LogP contribution in [0.4, 0.5) is 4.79 Å². The van der Waals surface area contributed by atoms with Gasteiger partial charge in [0.25, 0.3) is 0 Å². The van der Waals surface area contributed by atoms with Crippen LogP contribution in [0, 0.1) is 5.92 Å². The lowest BCUT2D eigenvalue weighted by atomic mass is 10.1. The molecule has 0 aliphatic rings. The second kappa shape index (κ2) is 9.87. The van der Waals surface area contributed by atoms with Gasteiger partial charge >= 0.3 is 6.09 Å². The third-order valence-corrected chi connectivity index (χ3v) is 3.58. The quantitative estimate of drug-likeness (QED) is 0.663. The van der Waals surface area contributed by atoms with Crippen LogP contribution in [0.2, 0.25) is 0 Å². The minimum Gasteiger partial charge on any atom is -0.444 e. The van der Waals surface area contributed by atoms with E-state index in [4.69, 9.17) is 4.74 Å². The highest BCUT2D eigenvalue weighted by Crippen LogP contribution is 2.11. The molecule has 1 unspecified atom stereocenters. The van der Waals surface area contributed by atoms with Crippen molar-refractivity contribution in [3.8, 4) is 0 Å². The second-order valence-electron chi connectivity index (χ2n) is 6.19. The Morgan fingerprint density at radius 2 is 1.95 bits per heavy atom. The Morgan fingerprint density at radius 3 is 2.48 bits per heavy atom. The van der Waals surface area contributed by atoms with Crippen LogP contribution in [-0.4, -0.2) is 41.1 Å². The molecule has 0 saturated carbocycles. The summed E-state index contributed by atoms with van der Waals surface area (Å²) < 4.78 is 5.29. The number of hydrogen-bond acceptors (Lipinski definition) is 4. The summed E-state index contributed by atoms with van der Waals surface area (Å²) in [7, 11) is 1.72. The van der Waals surface area contributed by atoms with Gasteiger partial charge in [-0.1, -0.05) is 37.8 Å². The molecule has 0 aliphatic heterocycles. The molecule has 0 heterocycles. The van der Waals surface area contributed by atoms with Gasteiger partial charge < -0.3 is 9.64 Å². The zero-order valence-electron chi connectivity index (χ0n) is 14.1. The molecule has 0 aromatic heterocycles. The van der Waals surface area contributed by atoms with E-state index in [2.05, 4.69) is 6.92 Å². The third-order valence-electron chi connectivity index (χ3n) is 2.48. The first-order chi connectivity index (χ1) is 9.65. The molecule has 5 heteroatoms. The number of allylic oxidation sites excluding steroid dienone is 1. The Hall–Kier alpha value is -0.970. The molecule has 1 amide bonds. The zero-order valence-corrected chi connectivity index (χ0v) is 15.0. The van der Waals surface area contributed by atoms with Crippen molar-refractivity contribution in [3.05, 3.63) is 12.2 Å². The summed E-state index contributed by atoms with van der Waals surface area (Å²) in [6.07, 6.45) is 5.00. The number of thioether (sulfide) groups is 1. The highest BCUT2D eigenvalue weighted by molar-refractivity contribution is 8.13. The second-order valence-corrected chi connectivity index (χ2v) is 7.34. The maximum atomic E-state index is 11.8. The Bertz CT molecular complexity index is 361. The fraction of sp³-hybridized carbons (Fsp3) is 0.750. The van der Waals surface area contributed by atoms with Crippen LogP contribution in [0.25, 0.3) is 0 Å². The summed E-state index contributed by atoms with van der Waals surface area (Å²) in [6, 6.07) is 0. The number of nitrogens with zero attached hydrogens (tertiary/aromatic N) is 1. The highest BCUT2D eigenvalue weighted by atomic mass is 32.2. The number of ether oxygens (including phenoxy) is 1. The van der Waals surface area contributed by atoms with E-state index < -0.39 is 5.60 Å². The number of rotatable bonds is 7. The van der Waals surface area contributed by atoms with Gasteiger partial charge in [0, 0.05) is 25.8 Å². The van der Waals surface area contributed by atoms with Crippen LogP contribution in [0.5, 0.6) is 0 Å². The Kier molecular flexibility index (Phi) is 9.42. The molecule has 0 aliphatic carbocycles. The van der Waals surface area contributed by atoms with Crippen LogP contribution in [0.3, 0.4) is 0 Å². The zero-order chi connectivity index (χ0) is 16.5. The van der Waals surface area contributed by atoms with Crippen molar-refractivity contribution in [2.45, 2.75) is 53.1 Å². The predicted octanol–water partition coefficient (Wildman–Crippen LogP) is 4.11. The summed E-state index contributed by atoms with van der Waals surface area (Å²) in [4.78, 5) is 24.9. The molecule has 0 radical (unpaired) electrons. The van der Waals surface area contributed by atoms with Crippen LogP contribution in [-0.2, 0) is 9.53 Å². The maximum Gasteiger partial charge on any atom is 0.410 e. The molecule has 0 N–H and O–H groups in total. The standard InChI is InChI=1S/C16H29NO3S/c1-7-11-21-14(18)10-8-9-13(2)12-17(6)15(19)20-16(3,4)5/h8-9,13H,7,10-12H2,1-6H3/b9-8+. The van der Waals surface area contributed by atoms with E-state index in [0.717, 1.165) is 12.2 Å². The normalized spacial score (nSPS) is 13.2. The number of carbonyl (C=O) groups is 2. The third kappa shape index (κ3) is 11.4. The van der Waals surface area contributed by atoms with Gasteiger partial charge in [-0.2, -0.15) is 0 Å². The molecular formula is C16H29NO3S. The van der Waals surface area contributed by atoms with E-state index in [1.54, 1.807) is 11.9 Å². The molecule has 0 spiro atoms. The van der Waals surface area contributed by atoms with Crippen molar-refractivity contribution in [2.24, 2.45) is 5.92 Å². The molecule has 0 saturated heterocycles. The van der Waals surface area contributed by atoms with Gasteiger partial charge in [-0.25, -0.2) is 4.79 Å². The Labute approximate surface area is 133 Å². The summed E-state index contributed by atoms with van der Waals surface area (Å²) in [5.41, 5.74) is -0.479. The predicted molar refractivity (Wildman–Crippen MR) is 89.5 cm³/mol. The SMILES string of the molecule is CCCSC(=O)C/C=C/C(C)CN(C)C(=O)OC(C)(C)C. The fourth-order valence-corrected chi connectivity index (χ4v) is 2.22. The van der Waals surface area contributed by atoms with E-state index in [-0.39, 0.29) is 17.1 Å². The van der Waals surface area contributed by atoms with Crippen LogP contribution in [0.1, 0.15) is 47.5 Å². The molecule has 122 valence electrons. The van der Waals surface area contributed by atoms with Crippen molar-refractivity contribution >= 4 is 23.0 Å². The summed E-state index contributed by atoms with van der Waals surface area (Å²) in [6.45, 7) is 10.2. The smallest absolute Gasteiger partial charge is 0.410 e. The fourth-order valence-electron chi connectivity index (χ4n) is 1.58. The van der Waals surface area contributed by atoms with E-state index >= 15 is 0 Å². The van der Waals surface area contributed by atoms with Crippen LogP contribution >= 0.6 is 11.8 Å². The van der Waals surface area contributed by atoms with Crippen molar-refractivity contribution in [1.29, 1.82) is 0 Å². The lowest BCUT2D eigenvalue weighted by molar-refractivity contribution is -0.110. The minimum absolute atomic E-state index is 0.187. The van der Waals surface area contributed by atoms with Crippen molar-refractivity contribution < 1.29 is 14.3 Å². The van der Waals surface area contributed by atoms with E-state index in [0.29, 0.717) is 13.0 Å². The molecule has 0 bridgehead atoms. The molecular weight excluding hydrogens is 286 g/mol. The molecule has 0 aromatic carbocycles. The van der Waals surface area contributed by atoms with E-state index in [9.17, 15) is 9.59 Å². The molecule has 0 aromatic rings. The first kappa shape index (κ1) is 20.0. The van der Waals surface area contributed by atoms with E-state index in [1.165, 1.54) is 11.8 Å². The first-order valence-corrected chi connectivity index (χ1v) is 8.40. The van der Waals surface area contributed by atoms with Crippen molar-refractivity contribution in [2.75, 3.05) is 19.3 Å². The topological polar surface area (TPSA) is 46.6 Å². The monoisotopic (exact) mass is 315 g/mol. The maximum absolute atomic E-state index is 11.8. The van der Waals surface area contributed by atoms with Gasteiger partial charge in [-0.3, -0.25) is 4.79 Å². The Morgan fingerprint density at radius 1 is 1.33 bits per heavy atom. The highest BCUT2D eigenvalue weighted by Gasteiger charge is 2.20. The first-order valence-electron chi connectivity index (χ1n) is 7.42. The van der Waals surface area contributed by atoms with Gasteiger partial charge in [0.15, 0.2) is 5.12 Å². The minimum atomic E-state index is -0.479. The van der Waals surface area contributed by atoms with Gasteiger partial charge in [0.1, 0.15) is 5.60 Å². The summed E-state index contributed by atoms with van der Waals surface area (Å²) in [5, 5.41) is 0.195. The van der Waals surface area contributed by atoms with Crippen LogP contribution < -0.4 is 0 Å². The van der Waals surface area contributed by atoms with Crippen molar-refractivity contribution in [1.82, 2.24) is 4.90 Å². The largest absolute Gasteiger partial charge is 0.444 e. The molecule has 21 heavy (non-hydrogen) atoms. The number of hydrogen-bond donors (Lipinski definition) is 0. The average Bonchev–Trinajstić information content (AvgIpc) is 2.34. The van der Waals surface area contributed by atoms with Crippen molar-refractivity contribution in [3.63, 3.8) is 0 Å². The number of carbonyl (C=O) groups excluding carboxylic acids is 2. The molecule has 1 atom stereocenters. The lowest BCUT2D eigenvalue weighted by Crippen LogP contribution is -2.36. The molecule has 0 fully saturated rings. The Balaban J connectivity index is 4.10. The average molecular weight is 315 g/mol. The number of amides is 1. The van der Waals surface area contributed by atoms with Crippen LogP contribution in [0.15, 0.2) is 12.2 Å². The van der Waals surface area contributed by atoms with E-state index in [1.807, 2.05) is 39.8 Å². The van der Waals surface area contributed by atoms with Gasteiger partial charge in [-0.05, 0) is 33.1 Å². The summed E-state index contributed by atoms with van der Waals surface area (Å²) in [5.74, 6) is 1.07. The molecule has 4 nitrogen and oxygen atoms in total. The van der Waals surface area contributed by atoms with Gasteiger partial charge in [-0.15, -0.1) is 0 Å². The molecule has 0 rings (SSSR count). The summed E-state index contributed by atoms with van der Waals surface area (Å²) >= 11 is 1.38. The van der Waals surface area contributed by atoms with Gasteiger partial charge in [0.05, 0.1) is 0 Å².